The fraction of sp³-hybridized carbons (Fsp3) is 0.158. The summed E-state index contributed by atoms with van der Waals surface area (Å²) in [6.45, 7) is 2.12. The number of carbonyl (C=O) groups is 1. The largest absolute Gasteiger partial charge is 0.465 e. The van der Waals surface area contributed by atoms with Crippen LogP contribution in [0.25, 0.3) is 0 Å². The molecule has 7 heteroatoms. The molecule has 132 valence electrons. The summed E-state index contributed by atoms with van der Waals surface area (Å²) < 4.78 is 4.68. The SMILES string of the molecule is CCc1ccc(Nc2cnnc(Nc3ccc(C(=O)OC)cc3)n2)cc1. The molecule has 0 bridgehead atoms. The third-order valence-electron chi connectivity index (χ3n) is 3.76. The molecule has 0 aliphatic rings. The number of rotatable bonds is 6. The Morgan fingerprint density at radius 1 is 1.00 bits per heavy atom. The number of hydrogen-bond donors (Lipinski definition) is 2. The van der Waals surface area contributed by atoms with Crippen molar-refractivity contribution in [3.8, 4) is 0 Å². The maximum Gasteiger partial charge on any atom is 0.337 e. The van der Waals surface area contributed by atoms with E-state index in [-0.39, 0.29) is 5.97 Å². The van der Waals surface area contributed by atoms with Gasteiger partial charge in [-0.1, -0.05) is 19.1 Å². The zero-order valence-corrected chi connectivity index (χ0v) is 14.6. The number of nitrogens with one attached hydrogen (secondary N) is 2. The molecule has 0 amide bonds. The molecule has 26 heavy (non-hydrogen) atoms. The van der Waals surface area contributed by atoms with Crippen molar-refractivity contribution in [3.63, 3.8) is 0 Å². The molecule has 0 fully saturated rings. The average Bonchev–Trinajstić information content (AvgIpc) is 2.69. The Morgan fingerprint density at radius 2 is 1.65 bits per heavy atom. The number of esters is 1. The van der Waals surface area contributed by atoms with Gasteiger partial charge in [0.05, 0.1) is 18.9 Å². The van der Waals surface area contributed by atoms with E-state index in [1.807, 2.05) is 12.1 Å². The van der Waals surface area contributed by atoms with E-state index in [1.54, 1.807) is 30.5 Å². The fourth-order valence-electron chi connectivity index (χ4n) is 2.32. The van der Waals surface area contributed by atoms with Crippen LogP contribution < -0.4 is 10.6 Å². The highest BCUT2D eigenvalue weighted by Crippen LogP contribution is 2.18. The van der Waals surface area contributed by atoms with Crippen molar-refractivity contribution in [3.05, 3.63) is 65.9 Å². The summed E-state index contributed by atoms with van der Waals surface area (Å²) in [5, 5.41) is 14.2. The smallest absolute Gasteiger partial charge is 0.337 e. The molecule has 0 aliphatic heterocycles. The standard InChI is InChI=1S/C19H19N5O2/c1-3-13-4-8-15(9-5-13)21-17-12-20-24-19(23-17)22-16-10-6-14(7-11-16)18(25)26-2/h4-12H,3H2,1-2H3,(H2,21,22,23,24). The van der Waals surface area contributed by atoms with E-state index in [0.29, 0.717) is 17.3 Å². The van der Waals surface area contributed by atoms with E-state index >= 15 is 0 Å². The second-order valence-electron chi connectivity index (χ2n) is 5.53. The van der Waals surface area contributed by atoms with Crippen LogP contribution in [0.2, 0.25) is 0 Å². The van der Waals surface area contributed by atoms with Crippen LogP contribution in [0.15, 0.2) is 54.7 Å². The maximum absolute atomic E-state index is 11.5. The summed E-state index contributed by atoms with van der Waals surface area (Å²) in [5.41, 5.74) is 3.41. The second-order valence-corrected chi connectivity index (χ2v) is 5.53. The first kappa shape index (κ1) is 17.3. The molecule has 0 saturated carbocycles. The lowest BCUT2D eigenvalue weighted by atomic mass is 10.1. The second kappa shape index (κ2) is 8.06. The number of carbonyl (C=O) groups excluding carboxylic acids is 1. The molecule has 3 rings (SSSR count). The number of benzene rings is 2. The summed E-state index contributed by atoms with van der Waals surface area (Å²) in [5.74, 6) is 0.554. The number of ether oxygens (including phenoxy) is 1. The Hall–Kier alpha value is -3.48. The summed E-state index contributed by atoms with van der Waals surface area (Å²) >= 11 is 0. The zero-order chi connectivity index (χ0) is 18.4. The number of aromatic nitrogens is 3. The molecule has 2 N–H and O–H groups in total. The van der Waals surface area contributed by atoms with Gasteiger partial charge in [-0.25, -0.2) is 4.79 Å². The zero-order valence-electron chi connectivity index (χ0n) is 14.6. The lowest BCUT2D eigenvalue weighted by molar-refractivity contribution is 0.0601. The van der Waals surface area contributed by atoms with Crippen molar-refractivity contribution in [1.82, 2.24) is 15.2 Å². The van der Waals surface area contributed by atoms with Crippen molar-refractivity contribution < 1.29 is 9.53 Å². The van der Waals surface area contributed by atoms with Crippen molar-refractivity contribution in [2.45, 2.75) is 13.3 Å². The molecule has 3 aromatic rings. The number of aryl methyl sites for hydroxylation is 1. The van der Waals surface area contributed by atoms with Crippen LogP contribution in [-0.4, -0.2) is 28.3 Å². The van der Waals surface area contributed by atoms with Crippen LogP contribution in [0.5, 0.6) is 0 Å². The van der Waals surface area contributed by atoms with Crippen LogP contribution in [0.1, 0.15) is 22.8 Å². The normalized spacial score (nSPS) is 10.2. The summed E-state index contributed by atoms with van der Waals surface area (Å²) in [6.07, 6.45) is 2.55. The topological polar surface area (TPSA) is 89.0 Å². The molecule has 0 saturated heterocycles. The molecule has 7 nitrogen and oxygen atoms in total. The number of methoxy groups -OCH3 is 1. The molecular formula is C19H19N5O2. The van der Waals surface area contributed by atoms with Gasteiger partial charge in [0.15, 0.2) is 5.82 Å². The van der Waals surface area contributed by atoms with E-state index in [0.717, 1.165) is 17.8 Å². The molecule has 1 aromatic heterocycles. The van der Waals surface area contributed by atoms with E-state index in [2.05, 4.69) is 49.6 Å². The summed E-state index contributed by atoms with van der Waals surface area (Å²) in [4.78, 5) is 15.8. The molecule has 0 aliphatic carbocycles. The first-order valence-electron chi connectivity index (χ1n) is 8.19. The van der Waals surface area contributed by atoms with E-state index < -0.39 is 0 Å². The molecule has 0 unspecified atom stereocenters. The van der Waals surface area contributed by atoms with E-state index in [1.165, 1.54) is 12.7 Å². The monoisotopic (exact) mass is 349 g/mol. The number of nitrogens with zero attached hydrogens (tertiary/aromatic N) is 3. The molecule has 2 aromatic carbocycles. The quantitative estimate of drug-likeness (QED) is 0.656. The van der Waals surface area contributed by atoms with Gasteiger partial charge < -0.3 is 15.4 Å². The van der Waals surface area contributed by atoms with Crippen LogP contribution in [0.3, 0.4) is 0 Å². The van der Waals surface area contributed by atoms with Crippen LogP contribution in [0.4, 0.5) is 23.1 Å². The molecular weight excluding hydrogens is 330 g/mol. The minimum atomic E-state index is -0.380. The number of hydrogen-bond acceptors (Lipinski definition) is 7. The van der Waals surface area contributed by atoms with Crippen molar-refractivity contribution in [2.75, 3.05) is 17.7 Å². The van der Waals surface area contributed by atoms with E-state index in [9.17, 15) is 4.79 Å². The highest BCUT2D eigenvalue weighted by Gasteiger charge is 2.06. The predicted octanol–water partition coefficient (Wildman–Crippen LogP) is 3.71. The third kappa shape index (κ3) is 4.32. The van der Waals surface area contributed by atoms with Crippen molar-refractivity contribution in [1.29, 1.82) is 0 Å². The van der Waals surface area contributed by atoms with Crippen LogP contribution >= 0.6 is 0 Å². The molecule has 1 heterocycles. The lowest BCUT2D eigenvalue weighted by Gasteiger charge is -2.08. The van der Waals surface area contributed by atoms with Gasteiger partial charge in [0.2, 0.25) is 5.95 Å². The molecule has 0 spiro atoms. The lowest BCUT2D eigenvalue weighted by Crippen LogP contribution is -2.03. The summed E-state index contributed by atoms with van der Waals surface area (Å²) in [6, 6.07) is 15.0. The van der Waals surface area contributed by atoms with Gasteiger partial charge in [-0.2, -0.15) is 10.1 Å². The third-order valence-corrected chi connectivity index (χ3v) is 3.76. The Morgan fingerprint density at radius 3 is 2.31 bits per heavy atom. The Kier molecular flexibility index (Phi) is 5.38. The van der Waals surface area contributed by atoms with Gasteiger partial charge in [-0.3, -0.25) is 0 Å². The maximum atomic E-state index is 11.5. The van der Waals surface area contributed by atoms with Gasteiger partial charge >= 0.3 is 5.97 Å². The molecule has 0 radical (unpaired) electrons. The van der Waals surface area contributed by atoms with E-state index in [4.69, 9.17) is 0 Å². The fourth-order valence-corrected chi connectivity index (χ4v) is 2.32. The Balaban J connectivity index is 1.69. The highest BCUT2D eigenvalue weighted by atomic mass is 16.5. The van der Waals surface area contributed by atoms with Gasteiger partial charge in [-0.15, -0.1) is 5.10 Å². The molecule has 0 atom stereocenters. The first-order chi connectivity index (χ1) is 12.7. The predicted molar refractivity (Wildman–Crippen MR) is 100.0 cm³/mol. The number of anilines is 4. The first-order valence-corrected chi connectivity index (χ1v) is 8.19. The summed E-state index contributed by atoms with van der Waals surface area (Å²) in [7, 11) is 1.35. The van der Waals surface area contributed by atoms with Crippen molar-refractivity contribution >= 4 is 29.1 Å². The minimum Gasteiger partial charge on any atom is -0.465 e. The minimum absolute atomic E-state index is 0.353. The van der Waals surface area contributed by atoms with Gasteiger partial charge in [0.1, 0.15) is 0 Å². The van der Waals surface area contributed by atoms with Gasteiger partial charge in [-0.05, 0) is 48.4 Å². The van der Waals surface area contributed by atoms with Crippen molar-refractivity contribution in [2.24, 2.45) is 0 Å². The average molecular weight is 349 g/mol. The van der Waals surface area contributed by atoms with Crippen LogP contribution in [0, 0.1) is 0 Å². The van der Waals surface area contributed by atoms with Gasteiger partial charge in [0.25, 0.3) is 0 Å². The Bertz CT molecular complexity index is 879. The Labute approximate surface area is 151 Å². The van der Waals surface area contributed by atoms with Crippen LogP contribution in [-0.2, 0) is 11.2 Å². The van der Waals surface area contributed by atoms with Gasteiger partial charge in [0, 0.05) is 11.4 Å². The highest BCUT2D eigenvalue weighted by molar-refractivity contribution is 5.89.